The van der Waals surface area contributed by atoms with Gasteiger partial charge in [-0.3, -0.25) is 0 Å². The van der Waals surface area contributed by atoms with Crippen LogP contribution in [0.5, 0.6) is 0 Å². The largest absolute Gasteiger partial charge is 0.456 e. The van der Waals surface area contributed by atoms with Gasteiger partial charge in [0.2, 0.25) is 0 Å². The van der Waals surface area contributed by atoms with Gasteiger partial charge >= 0.3 is 0 Å². The number of aromatic nitrogens is 6. The lowest BCUT2D eigenvalue weighted by Crippen LogP contribution is -2.00. The third-order valence-corrected chi connectivity index (χ3v) is 24.8. The molecule has 0 spiro atoms. The van der Waals surface area contributed by atoms with Crippen LogP contribution in [0.2, 0.25) is 0 Å². The van der Waals surface area contributed by atoms with Gasteiger partial charge < -0.3 is 17.7 Å². The summed E-state index contributed by atoms with van der Waals surface area (Å²) < 4.78 is 31.9. The summed E-state index contributed by atoms with van der Waals surface area (Å²) in [7, 11) is 0. The van der Waals surface area contributed by atoms with Crippen molar-refractivity contribution in [3.8, 4) is 124 Å². The molecule has 0 radical (unpaired) electrons. The van der Waals surface area contributed by atoms with E-state index >= 15 is 0 Å². The Labute approximate surface area is 657 Å². The smallest absolute Gasteiger partial charge is 0.165 e. The molecule has 0 amide bonds. The highest BCUT2D eigenvalue weighted by Crippen LogP contribution is 2.51. The maximum absolute atomic E-state index is 6.98. The van der Waals surface area contributed by atoms with E-state index < -0.39 is 0 Å². The van der Waals surface area contributed by atoms with Crippen molar-refractivity contribution in [1.29, 1.82) is 0 Å². The van der Waals surface area contributed by atoms with Gasteiger partial charge in [0.1, 0.15) is 44.7 Å². The van der Waals surface area contributed by atoms with Crippen LogP contribution in [0.25, 0.3) is 252 Å². The Morgan fingerprint density at radius 1 is 0.175 bits per heavy atom. The SMILES string of the molecule is c1ccc(-c2nc(-c3cccc(-c4ccc5c(c4)oc4cc(-c6cc(-c7cccc8sc9c(-c%10nc(-c%11ccccc%11)nc(-c%11ccccc%11)n%10)cccc9c78)c7oc8ccccc8c7c6)ccc45)c3)nc(-c3cccc4c3sc3cccc(-c5cc(-c6cccc7c6oc6ccccc67)c6c(c5)oc5ccccc56)c34)n2)cc1. The zero-order chi connectivity index (χ0) is 74.6. The van der Waals surface area contributed by atoms with Crippen LogP contribution in [0.4, 0.5) is 0 Å². The highest BCUT2D eigenvalue weighted by molar-refractivity contribution is 7.27. The molecule has 0 N–H and O–H groups in total. The van der Waals surface area contributed by atoms with Gasteiger partial charge in [-0.05, 0) is 142 Å². The third-order valence-electron chi connectivity index (χ3n) is 22.4. The van der Waals surface area contributed by atoms with Gasteiger partial charge in [0.15, 0.2) is 34.9 Å². The van der Waals surface area contributed by atoms with Crippen LogP contribution in [0.3, 0.4) is 0 Å². The number of hydrogen-bond acceptors (Lipinski definition) is 12. The number of para-hydroxylation sites is 4. The maximum atomic E-state index is 6.98. The van der Waals surface area contributed by atoms with Crippen LogP contribution in [0, 0.1) is 0 Å². The standard InChI is InChI=1S/C102H56N6O4S2/c1-4-22-57(23-5-1)97-103-98(58-24-6-2-7-25-58)106-101(105-97)78-40-19-38-76-92-71(34-21-45-89(92)114-96(76)78)81-52-64(51-80-68-31-11-14-42-83(68)112-94(80)81)62-47-49-70-69-48-46-61(54-85(69)110-86(70)55-62)60-28-16-29-63(50-60)100-104-99(59-26-8-3-9-27-59)107-102(108-100)77-39-18-37-75-91-66(33-20-44-88(91)113-95(75)77)65-53-79(90-74-32-12-15-43-84(74)109-87(90)56-65)73-36-17-35-72-67-30-10-13-41-82(67)111-93(72)73/h1-56H. The maximum Gasteiger partial charge on any atom is 0.165 e. The highest BCUT2D eigenvalue weighted by atomic mass is 32.1. The number of hydrogen-bond donors (Lipinski definition) is 0. The molecule has 0 aliphatic carbocycles. The van der Waals surface area contributed by atoms with Crippen molar-refractivity contribution in [2.45, 2.75) is 0 Å². The first-order valence-electron chi connectivity index (χ1n) is 37.9. The van der Waals surface area contributed by atoms with Gasteiger partial charge in [0.05, 0.1) is 0 Å². The Morgan fingerprint density at radius 2 is 0.561 bits per heavy atom. The number of rotatable bonds is 11. The number of fused-ring (bicyclic) bond motifs is 18. The molecule has 0 aliphatic heterocycles. The van der Waals surface area contributed by atoms with Crippen LogP contribution < -0.4 is 0 Å². The van der Waals surface area contributed by atoms with Crippen LogP contribution in [-0.2, 0) is 0 Å². The summed E-state index contributed by atoms with van der Waals surface area (Å²) in [6.45, 7) is 0. The van der Waals surface area contributed by atoms with Crippen molar-refractivity contribution >= 4 is 151 Å². The summed E-state index contributed by atoms with van der Waals surface area (Å²) in [6.07, 6.45) is 0. The molecule has 530 valence electrons. The summed E-state index contributed by atoms with van der Waals surface area (Å²) >= 11 is 3.51. The Balaban J connectivity index is 0.592. The van der Waals surface area contributed by atoms with E-state index in [0.29, 0.717) is 34.9 Å². The first-order chi connectivity index (χ1) is 56.4. The quantitative estimate of drug-likeness (QED) is 0.123. The number of furan rings is 4. The van der Waals surface area contributed by atoms with E-state index in [1.54, 1.807) is 22.7 Å². The molecule has 0 fully saturated rings. The third kappa shape index (κ3) is 10.2. The molecule has 0 bridgehead atoms. The number of nitrogens with zero attached hydrogens (tertiary/aromatic N) is 6. The lowest BCUT2D eigenvalue weighted by atomic mass is 9.92. The Bertz CT molecular complexity index is 8080. The topological polar surface area (TPSA) is 130 Å². The van der Waals surface area contributed by atoms with Crippen LogP contribution in [0.1, 0.15) is 0 Å². The summed E-state index contributed by atoms with van der Waals surface area (Å²) in [5.74, 6) is 3.59. The fourth-order valence-corrected chi connectivity index (χ4v) is 19.6. The second kappa shape index (κ2) is 25.4. The summed E-state index contributed by atoms with van der Waals surface area (Å²) in [5.41, 5.74) is 22.3. The van der Waals surface area contributed by atoms with E-state index in [9.17, 15) is 0 Å². The average Bonchev–Trinajstić information content (AvgIpc) is 1.54. The predicted molar refractivity (Wildman–Crippen MR) is 468 cm³/mol. The van der Waals surface area contributed by atoms with Crippen LogP contribution >= 0.6 is 22.7 Å². The Hall–Kier alpha value is -14.8. The second-order valence-corrected chi connectivity index (χ2v) is 31.1. The number of thiophene rings is 2. The molecule has 8 heterocycles. The average molecular weight is 1490 g/mol. The fraction of sp³-hybridized carbons (Fsp3) is 0. The van der Waals surface area contributed by atoms with Crippen molar-refractivity contribution in [3.05, 3.63) is 340 Å². The predicted octanol–water partition coefficient (Wildman–Crippen LogP) is 28.7. The molecule has 24 rings (SSSR count). The zero-order valence-electron chi connectivity index (χ0n) is 60.5. The van der Waals surface area contributed by atoms with E-state index in [1.165, 1.54) is 0 Å². The molecule has 0 saturated carbocycles. The molecule has 10 nitrogen and oxygen atoms in total. The van der Waals surface area contributed by atoms with Crippen molar-refractivity contribution in [3.63, 3.8) is 0 Å². The van der Waals surface area contributed by atoms with Gasteiger partial charge in [-0.15, -0.1) is 22.7 Å². The lowest BCUT2D eigenvalue weighted by molar-refractivity contribution is 0.668. The van der Waals surface area contributed by atoms with E-state index in [2.05, 4.69) is 231 Å². The highest BCUT2D eigenvalue weighted by Gasteiger charge is 2.27. The van der Waals surface area contributed by atoms with Gasteiger partial charge in [0, 0.05) is 128 Å². The van der Waals surface area contributed by atoms with E-state index in [0.717, 1.165) is 217 Å². The van der Waals surface area contributed by atoms with E-state index in [-0.39, 0.29) is 0 Å². The van der Waals surface area contributed by atoms with Gasteiger partial charge in [-0.25, -0.2) is 29.9 Å². The molecular weight excluding hydrogens is 1440 g/mol. The molecule has 24 aromatic rings. The number of benzene rings is 16. The van der Waals surface area contributed by atoms with Gasteiger partial charge in [0.25, 0.3) is 0 Å². The molecule has 0 aliphatic rings. The zero-order valence-corrected chi connectivity index (χ0v) is 62.1. The van der Waals surface area contributed by atoms with Crippen LogP contribution in [-0.4, -0.2) is 29.9 Å². The minimum Gasteiger partial charge on any atom is -0.456 e. The van der Waals surface area contributed by atoms with E-state index in [1.807, 2.05) is 109 Å². The summed E-state index contributed by atoms with van der Waals surface area (Å²) in [5, 5.41) is 12.9. The molecule has 16 aromatic carbocycles. The van der Waals surface area contributed by atoms with Crippen molar-refractivity contribution in [2.24, 2.45) is 0 Å². The molecule has 8 aromatic heterocycles. The van der Waals surface area contributed by atoms with Crippen molar-refractivity contribution in [1.82, 2.24) is 29.9 Å². The molecule has 0 saturated heterocycles. The van der Waals surface area contributed by atoms with Crippen LogP contribution in [0.15, 0.2) is 357 Å². The molecule has 114 heavy (non-hydrogen) atoms. The fourth-order valence-electron chi connectivity index (χ4n) is 17.1. The molecule has 0 atom stereocenters. The van der Waals surface area contributed by atoms with Gasteiger partial charge in [-0.1, -0.05) is 243 Å². The first-order valence-corrected chi connectivity index (χ1v) is 39.6. The monoisotopic (exact) mass is 1490 g/mol. The van der Waals surface area contributed by atoms with Crippen molar-refractivity contribution < 1.29 is 17.7 Å². The minimum atomic E-state index is 0.564. The lowest BCUT2D eigenvalue weighted by Gasteiger charge is -2.11. The summed E-state index contributed by atoms with van der Waals surface area (Å²) in [6, 6.07) is 119. The Kier molecular flexibility index (Phi) is 14.3. The van der Waals surface area contributed by atoms with E-state index in [4.69, 9.17) is 47.6 Å². The molecule has 12 heteroatoms. The Morgan fingerprint density at radius 3 is 1.16 bits per heavy atom. The molecule has 0 unspecified atom stereocenters. The molecular formula is C102H56N6O4S2. The normalized spacial score (nSPS) is 12.0. The minimum absolute atomic E-state index is 0.564. The van der Waals surface area contributed by atoms with Gasteiger partial charge in [-0.2, -0.15) is 0 Å². The second-order valence-electron chi connectivity index (χ2n) is 29.0. The van der Waals surface area contributed by atoms with Crippen molar-refractivity contribution in [2.75, 3.05) is 0 Å². The first kappa shape index (κ1) is 64.0. The summed E-state index contributed by atoms with van der Waals surface area (Å²) in [4.78, 5) is 31.4.